The van der Waals surface area contributed by atoms with E-state index in [4.69, 9.17) is 10.8 Å². The van der Waals surface area contributed by atoms with Gasteiger partial charge >= 0.3 is 0 Å². The van der Waals surface area contributed by atoms with E-state index in [0.717, 1.165) is 45.1 Å². The highest BCUT2D eigenvalue weighted by molar-refractivity contribution is 5.77. The molecule has 7 heteroatoms. The van der Waals surface area contributed by atoms with Crippen LogP contribution in [0.4, 0.5) is 5.69 Å². The van der Waals surface area contributed by atoms with Gasteiger partial charge in [0.15, 0.2) is 0 Å². The summed E-state index contributed by atoms with van der Waals surface area (Å²) >= 11 is 0. The maximum atomic E-state index is 5.78. The summed E-state index contributed by atoms with van der Waals surface area (Å²) in [5.41, 5.74) is 13.3. The first kappa shape index (κ1) is 16.1. The van der Waals surface area contributed by atoms with E-state index < -0.39 is 0 Å². The lowest BCUT2D eigenvalue weighted by Gasteiger charge is -2.07. The van der Waals surface area contributed by atoms with Crippen LogP contribution >= 0.6 is 0 Å². The molecular formula is C21H17N7. The molecule has 5 rings (SSSR count). The van der Waals surface area contributed by atoms with Gasteiger partial charge in [0.2, 0.25) is 0 Å². The molecule has 4 N–H and O–H groups in total. The van der Waals surface area contributed by atoms with E-state index in [1.165, 1.54) is 0 Å². The molecule has 0 saturated heterocycles. The van der Waals surface area contributed by atoms with Crippen molar-refractivity contribution >= 4 is 5.69 Å². The average Bonchev–Trinajstić information content (AvgIpc) is 3.51. The van der Waals surface area contributed by atoms with Crippen molar-refractivity contribution in [2.24, 2.45) is 0 Å². The Labute approximate surface area is 160 Å². The Morgan fingerprint density at radius 1 is 0.714 bits per heavy atom. The van der Waals surface area contributed by atoms with Gasteiger partial charge in [-0.1, -0.05) is 0 Å². The van der Waals surface area contributed by atoms with Gasteiger partial charge in [-0.2, -0.15) is 15.3 Å². The maximum Gasteiger partial charge on any atom is 0.0928 e. The van der Waals surface area contributed by atoms with Crippen LogP contribution in [0.2, 0.25) is 0 Å². The quantitative estimate of drug-likeness (QED) is 0.419. The first-order chi connectivity index (χ1) is 13.8. The summed E-state index contributed by atoms with van der Waals surface area (Å²) in [6.07, 6.45) is 5.43. The van der Waals surface area contributed by atoms with E-state index in [-0.39, 0.29) is 0 Å². The number of nitrogens with zero attached hydrogens (tertiary/aromatic N) is 4. The second-order valence-electron chi connectivity index (χ2n) is 6.48. The van der Waals surface area contributed by atoms with Gasteiger partial charge in [-0.25, -0.2) is 4.68 Å². The largest absolute Gasteiger partial charge is 0.399 e. The van der Waals surface area contributed by atoms with Crippen LogP contribution in [-0.4, -0.2) is 30.2 Å². The number of nitrogens with one attached hydrogen (secondary N) is 2. The van der Waals surface area contributed by atoms with Crippen LogP contribution in [0.1, 0.15) is 0 Å². The highest BCUT2D eigenvalue weighted by Gasteiger charge is 2.11. The van der Waals surface area contributed by atoms with Gasteiger partial charge in [-0.3, -0.25) is 10.2 Å². The van der Waals surface area contributed by atoms with Crippen molar-refractivity contribution in [3.05, 3.63) is 79.3 Å². The van der Waals surface area contributed by atoms with E-state index in [9.17, 15) is 0 Å². The van der Waals surface area contributed by atoms with Crippen molar-refractivity contribution in [2.75, 3.05) is 5.73 Å². The molecule has 0 amide bonds. The minimum atomic E-state index is 0.729. The summed E-state index contributed by atoms with van der Waals surface area (Å²) in [7, 11) is 0. The Balaban J connectivity index is 1.60. The Hall–Kier alpha value is -4.13. The number of H-pyrrole nitrogens is 2. The first-order valence-corrected chi connectivity index (χ1v) is 8.83. The van der Waals surface area contributed by atoms with Crippen LogP contribution in [-0.2, 0) is 0 Å². The number of anilines is 1. The van der Waals surface area contributed by atoms with Crippen LogP contribution < -0.4 is 5.73 Å². The molecule has 0 bridgehead atoms. The van der Waals surface area contributed by atoms with Gasteiger partial charge in [-0.15, -0.1) is 0 Å². The number of nitrogen functional groups attached to an aromatic ring is 1. The summed E-state index contributed by atoms with van der Waals surface area (Å²) in [6, 6.07) is 19.8. The van der Waals surface area contributed by atoms with E-state index in [1.807, 2.05) is 53.3 Å². The van der Waals surface area contributed by atoms with E-state index in [1.54, 1.807) is 12.4 Å². The van der Waals surface area contributed by atoms with Gasteiger partial charge in [0.05, 0.1) is 22.8 Å². The van der Waals surface area contributed by atoms with Crippen molar-refractivity contribution in [1.82, 2.24) is 30.2 Å². The first-order valence-electron chi connectivity index (χ1n) is 8.83. The fourth-order valence-electron chi connectivity index (χ4n) is 3.17. The predicted molar refractivity (Wildman–Crippen MR) is 109 cm³/mol. The molecule has 0 aliphatic rings. The Bertz CT molecular complexity index is 1150. The number of rotatable bonds is 4. The molecule has 2 aromatic carbocycles. The van der Waals surface area contributed by atoms with E-state index in [0.29, 0.717) is 0 Å². The second-order valence-corrected chi connectivity index (χ2v) is 6.48. The normalized spacial score (nSPS) is 11.0. The summed E-state index contributed by atoms with van der Waals surface area (Å²) in [6.45, 7) is 0. The highest BCUT2D eigenvalue weighted by atomic mass is 15.3. The molecule has 0 aliphatic carbocycles. The summed E-state index contributed by atoms with van der Waals surface area (Å²) < 4.78 is 1.84. The number of benzene rings is 2. The molecule has 28 heavy (non-hydrogen) atoms. The zero-order valence-electron chi connectivity index (χ0n) is 14.9. The van der Waals surface area contributed by atoms with Gasteiger partial charge in [0.1, 0.15) is 0 Å². The maximum absolute atomic E-state index is 5.78. The lowest BCUT2D eigenvalue weighted by molar-refractivity contribution is 0.884. The third-order valence-electron chi connectivity index (χ3n) is 4.60. The van der Waals surface area contributed by atoms with E-state index in [2.05, 4.69) is 38.6 Å². The fourth-order valence-corrected chi connectivity index (χ4v) is 3.17. The van der Waals surface area contributed by atoms with Gasteiger partial charge in [0.25, 0.3) is 0 Å². The predicted octanol–water partition coefficient (Wildman–Crippen LogP) is 3.90. The Morgan fingerprint density at radius 2 is 1.32 bits per heavy atom. The van der Waals surface area contributed by atoms with Crippen molar-refractivity contribution in [3.63, 3.8) is 0 Å². The SMILES string of the molecule is Nc1ccc(-n2ccc(-c3cc(-c4ccn[nH]4)cc(-c4ccn[nH]4)c3)n2)cc1. The summed E-state index contributed by atoms with van der Waals surface area (Å²) in [4.78, 5) is 0. The molecule has 0 atom stereocenters. The molecule has 7 nitrogen and oxygen atoms in total. The monoisotopic (exact) mass is 367 g/mol. The number of aromatic nitrogens is 6. The molecular weight excluding hydrogens is 350 g/mol. The lowest BCUT2D eigenvalue weighted by Crippen LogP contribution is -1.95. The van der Waals surface area contributed by atoms with E-state index >= 15 is 0 Å². The molecule has 3 heterocycles. The van der Waals surface area contributed by atoms with Crippen LogP contribution in [0.25, 0.3) is 39.5 Å². The van der Waals surface area contributed by atoms with Crippen LogP contribution in [0.5, 0.6) is 0 Å². The Morgan fingerprint density at radius 3 is 1.89 bits per heavy atom. The van der Waals surface area contributed by atoms with Gasteiger partial charge in [-0.05, 0) is 60.7 Å². The Kier molecular flexibility index (Phi) is 3.76. The zero-order chi connectivity index (χ0) is 18.9. The molecule has 0 unspecified atom stereocenters. The lowest BCUT2D eigenvalue weighted by atomic mass is 10.00. The molecule has 5 aromatic rings. The number of hydrogen-bond donors (Lipinski definition) is 3. The minimum Gasteiger partial charge on any atom is -0.399 e. The molecule has 0 saturated carbocycles. The number of aromatic amines is 2. The average molecular weight is 367 g/mol. The third kappa shape index (κ3) is 2.95. The summed E-state index contributed by atoms with van der Waals surface area (Å²) in [5.74, 6) is 0. The molecule has 0 aliphatic heterocycles. The number of hydrogen-bond acceptors (Lipinski definition) is 4. The fraction of sp³-hybridized carbons (Fsp3) is 0. The topological polar surface area (TPSA) is 101 Å². The minimum absolute atomic E-state index is 0.729. The smallest absolute Gasteiger partial charge is 0.0928 e. The van der Waals surface area contributed by atoms with Crippen molar-refractivity contribution in [1.29, 1.82) is 0 Å². The standard InChI is InChI=1S/C21H17N7/c22-17-1-3-18(4-2-17)28-10-7-21(27-28)16-12-14(19-5-8-23-25-19)11-15(13-16)20-6-9-24-26-20/h1-13H,22H2,(H,23,25)(H,24,26). The van der Waals surface area contributed by atoms with Gasteiger partial charge in [0, 0.05) is 41.0 Å². The molecule has 136 valence electrons. The highest BCUT2D eigenvalue weighted by Crippen LogP contribution is 2.31. The molecule has 0 radical (unpaired) electrons. The van der Waals surface area contributed by atoms with Crippen molar-refractivity contribution < 1.29 is 0 Å². The number of nitrogens with two attached hydrogens (primary N) is 1. The van der Waals surface area contributed by atoms with Crippen LogP contribution in [0, 0.1) is 0 Å². The van der Waals surface area contributed by atoms with Crippen molar-refractivity contribution in [2.45, 2.75) is 0 Å². The zero-order valence-corrected chi connectivity index (χ0v) is 14.9. The summed E-state index contributed by atoms with van der Waals surface area (Å²) in [5, 5.41) is 18.9. The van der Waals surface area contributed by atoms with Gasteiger partial charge < -0.3 is 5.73 Å². The van der Waals surface area contributed by atoms with Crippen LogP contribution in [0.3, 0.4) is 0 Å². The van der Waals surface area contributed by atoms with Crippen LogP contribution in [0.15, 0.2) is 79.3 Å². The second kappa shape index (κ2) is 6.55. The van der Waals surface area contributed by atoms with Crippen molar-refractivity contribution in [3.8, 4) is 39.5 Å². The molecule has 3 aromatic heterocycles. The third-order valence-corrected chi connectivity index (χ3v) is 4.60. The molecule has 0 fully saturated rings. The molecule has 0 spiro atoms.